The van der Waals surface area contributed by atoms with Gasteiger partial charge in [-0.1, -0.05) is 6.07 Å². The maximum Gasteiger partial charge on any atom is 0.250 e. The summed E-state index contributed by atoms with van der Waals surface area (Å²) in [6.07, 6.45) is 1.82. The molecule has 4 nitrogen and oxygen atoms in total. The van der Waals surface area contributed by atoms with Gasteiger partial charge in [0.15, 0.2) is 0 Å². The van der Waals surface area contributed by atoms with Crippen molar-refractivity contribution < 1.29 is 13.9 Å². The second kappa shape index (κ2) is 7.53. The van der Waals surface area contributed by atoms with Crippen LogP contribution in [0, 0.1) is 5.82 Å². The molecule has 2 aromatic carbocycles. The molecule has 0 bridgehead atoms. The van der Waals surface area contributed by atoms with E-state index in [0.29, 0.717) is 18.3 Å². The number of hydrogen-bond acceptors (Lipinski definition) is 3. The van der Waals surface area contributed by atoms with Crippen LogP contribution in [0.15, 0.2) is 53.3 Å². The lowest BCUT2D eigenvalue weighted by molar-refractivity contribution is 0.0852. The fraction of sp³-hybridized carbons (Fsp3) is 0.318. The number of ether oxygens (including phenoxy) is 2. The number of hydrogen-bond donors (Lipinski definition) is 0. The van der Waals surface area contributed by atoms with Gasteiger partial charge in [0.1, 0.15) is 18.2 Å². The fourth-order valence-corrected chi connectivity index (χ4v) is 3.63. The molecule has 3 aromatic rings. The first-order chi connectivity index (χ1) is 13.1. The standard InChI is InChI=1S/C22H22FNO3/c1-24-21-4-2-15(10-17(21)3-5-22(24)25)14-27-20-12-18(11-19(23)13-20)16-6-8-26-9-7-16/h2-5,10-13,16H,6-9,14H2,1H3. The van der Waals surface area contributed by atoms with E-state index in [0.717, 1.165) is 48.1 Å². The smallest absolute Gasteiger partial charge is 0.250 e. The highest BCUT2D eigenvalue weighted by Gasteiger charge is 2.17. The number of halogens is 1. The van der Waals surface area contributed by atoms with Crippen LogP contribution in [0.1, 0.15) is 29.9 Å². The van der Waals surface area contributed by atoms with Crippen LogP contribution in [0.25, 0.3) is 10.9 Å². The molecule has 0 aliphatic carbocycles. The molecule has 0 saturated carbocycles. The van der Waals surface area contributed by atoms with E-state index in [1.807, 2.05) is 30.3 Å². The zero-order valence-corrected chi connectivity index (χ0v) is 15.3. The van der Waals surface area contributed by atoms with Crippen molar-refractivity contribution in [3.8, 4) is 5.75 Å². The number of fused-ring (bicyclic) bond motifs is 1. The minimum absolute atomic E-state index is 0.0353. The van der Waals surface area contributed by atoms with Gasteiger partial charge in [0.25, 0.3) is 5.56 Å². The predicted molar refractivity (Wildman–Crippen MR) is 103 cm³/mol. The van der Waals surface area contributed by atoms with E-state index in [4.69, 9.17) is 9.47 Å². The van der Waals surface area contributed by atoms with E-state index in [2.05, 4.69) is 0 Å². The second-order valence-corrected chi connectivity index (χ2v) is 7.02. The largest absolute Gasteiger partial charge is 0.489 e. The molecular formula is C22H22FNO3. The van der Waals surface area contributed by atoms with E-state index >= 15 is 0 Å². The van der Waals surface area contributed by atoms with Gasteiger partial charge in [-0.3, -0.25) is 4.79 Å². The van der Waals surface area contributed by atoms with Gasteiger partial charge in [0, 0.05) is 32.4 Å². The van der Waals surface area contributed by atoms with Crippen LogP contribution in [0.4, 0.5) is 4.39 Å². The first-order valence-corrected chi connectivity index (χ1v) is 9.20. The Morgan fingerprint density at radius 3 is 2.74 bits per heavy atom. The molecule has 5 heteroatoms. The summed E-state index contributed by atoms with van der Waals surface area (Å²) in [5, 5.41) is 0.973. The predicted octanol–water partition coefficient (Wildman–Crippen LogP) is 4.15. The third-order valence-corrected chi connectivity index (χ3v) is 5.18. The lowest BCUT2D eigenvalue weighted by Gasteiger charge is -2.23. The van der Waals surface area contributed by atoms with Crippen LogP contribution in [-0.4, -0.2) is 17.8 Å². The number of aryl methyl sites for hydroxylation is 1. The fourth-order valence-electron chi connectivity index (χ4n) is 3.63. The Bertz CT molecular complexity index is 1020. The van der Waals surface area contributed by atoms with E-state index in [1.165, 1.54) is 6.07 Å². The molecule has 0 amide bonds. The molecule has 0 radical (unpaired) electrons. The van der Waals surface area contributed by atoms with Crippen molar-refractivity contribution in [1.82, 2.24) is 4.57 Å². The third-order valence-electron chi connectivity index (χ3n) is 5.18. The van der Waals surface area contributed by atoms with Crippen molar-refractivity contribution in [2.75, 3.05) is 13.2 Å². The van der Waals surface area contributed by atoms with Gasteiger partial charge >= 0.3 is 0 Å². The van der Waals surface area contributed by atoms with Crippen LogP contribution in [-0.2, 0) is 18.4 Å². The van der Waals surface area contributed by atoms with Crippen LogP contribution >= 0.6 is 0 Å². The molecule has 0 unspecified atom stereocenters. The van der Waals surface area contributed by atoms with Crippen molar-refractivity contribution in [3.05, 3.63) is 75.8 Å². The maximum atomic E-state index is 14.1. The van der Waals surface area contributed by atoms with E-state index in [9.17, 15) is 9.18 Å². The minimum Gasteiger partial charge on any atom is -0.489 e. The summed E-state index contributed by atoms with van der Waals surface area (Å²) >= 11 is 0. The maximum absolute atomic E-state index is 14.1. The zero-order valence-electron chi connectivity index (χ0n) is 15.3. The Kier molecular flexibility index (Phi) is 4.94. The molecule has 0 spiro atoms. The summed E-state index contributed by atoms with van der Waals surface area (Å²) in [5.41, 5.74) is 2.78. The lowest BCUT2D eigenvalue weighted by atomic mass is 9.91. The Balaban J connectivity index is 1.53. The van der Waals surface area contributed by atoms with Crippen molar-refractivity contribution in [3.63, 3.8) is 0 Å². The van der Waals surface area contributed by atoms with Crippen molar-refractivity contribution in [2.45, 2.75) is 25.4 Å². The number of rotatable bonds is 4. The topological polar surface area (TPSA) is 40.5 Å². The number of aromatic nitrogens is 1. The summed E-state index contributed by atoms with van der Waals surface area (Å²) in [7, 11) is 1.76. The summed E-state index contributed by atoms with van der Waals surface area (Å²) in [4.78, 5) is 11.7. The van der Waals surface area contributed by atoms with Gasteiger partial charge < -0.3 is 14.0 Å². The molecule has 1 aliphatic rings. The molecule has 4 rings (SSSR count). The Hall–Kier alpha value is -2.66. The SMILES string of the molecule is Cn1c(=O)ccc2cc(COc3cc(F)cc(C4CCOCC4)c3)ccc21. The van der Waals surface area contributed by atoms with Gasteiger partial charge in [-0.15, -0.1) is 0 Å². The van der Waals surface area contributed by atoms with Crippen LogP contribution in [0.2, 0.25) is 0 Å². The minimum atomic E-state index is -0.275. The third kappa shape index (κ3) is 3.88. The van der Waals surface area contributed by atoms with Gasteiger partial charge in [-0.2, -0.15) is 0 Å². The molecule has 0 N–H and O–H groups in total. The highest BCUT2D eigenvalue weighted by atomic mass is 19.1. The van der Waals surface area contributed by atoms with Crippen LogP contribution in [0.5, 0.6) is 5.75 Å². The molecule has 27 heavy (non-hydrogen) atoms. The Morgan fingerprint density at radius 2 is 1.93 bits per heavy atom. The average molecular weight is 367 g/mol. The summed E-state index contributed by atoms with van der Waals surface area (Å²) in [5.74, 6) is 0.582. The molecule has 0 atom stereocenters. The van der Waals surface area contributed by atoms with Crippen molar-refractivity contribution >= 4 is 10.9 Å². The Labute approximate surface area is 157 Å². The summed E-state index contributed by atoms with van der Waals surface area (Å²) in [6, 6.07) is 14.2. The van der Waals surface area contributed by atoms with Gasteiger partial charge in [-0.25, -0.2) is 4.39 Å². The molecular weight excluding hydrogens is 345 g/mol. The van der Waals surface area contributed by atoms with Gasteiger partial charge in [0.2, 0.25) is 0 Å². The molecule has 140 valence electrons. The van der Waals surface area contributed by atoms with Gasteiger partial charge in [-0.05, 0) is 65.6 Å². The van der Waals surface area contributed by atoms with Crippen molar-refractivity contribution in [2.24, 2.45) is 7.05 Å². The monoisotopic (exact) mass is 367 g/mol. The lowest BCUT2D eigenvalue weighted by Crippen LogP contribution is -2.15. The summed E-state index contributed by atoms with van der Waals surface area (Å²) < 4.78 is 26.9. The van der Waals surface area contributed by atoms with E-state index < -0.39 is 0 Å². The first kappa shape index (κ1) is 17.7. The van der Waals surface area contributed by atoms with Crippen LogP contribution in [0.3, 0.4) is 0 Å². The van der Waals surface area contributed by atoms with E-state index in [-0.39, 0.29) is 11.4 Å². The number of nitrogens with zero attached hydrogens (tertiary/aromatic N) is 1. The van der Waals surface area contributed by atoms with Crippen molar-refractivity contribution in [1.29, 1.82) is 0 Å². The molecule has 1 saturated heterocycles. The average Bonchev–Trinajstić information content (AvgIpc) is 2.69. The molecule has 2 heterocycles. The van der Waals surface area contributed by atoms with Crippen LogP contribution < -0.4 is 10.3 Å². The second-order valence-electron chi connectivity index (χ2n) is 7.02. The number of benzene rings is 2. The zero-order chi connectivity index (χ0) is 18.8. The molecule has 1 aromatic heterocycles. The highest BCUT2D eigenvalue weighted by Crippen LogP contribution is 2.30. The quantitative estimate of drug-likeness (QED) is 0.696. The highest BCUT2D eigenvalue weighted by molar-refractivity contribution is 5.79. The first-order valence-electron chi connectivity index (χ1n) is 9.20. The molecule has 1 aliphatic heterocycles. The van der Waals surface area contributed by atoms with Gasteiger partial charge in [0.05, 0.1) is 5.52 Å². The normalized spacial score (nSPS) is 15.2. The molecule has 1 fully saturated rings. The summed E-state index contributed by atoms with van der Waals surface area (Å²) in [6.45, 7) is 1.78. The number of pyridine rings is 1. The van der Waals surface area contributed by atoms with E-state index in [1.54, 1.807) is 23.7 Å². The Morgan fingerprint density at radius 1 is 1.11 bits per heavy atom.